The van der Waals surface area contributed by atoms with Gasteiger partial charge in [-0.05, 0) is 50.5 Å². The number of carbonyl (C=O) groups excluding carboxylic acids is 2. The third-order valence-electron chi connectivity index (χ3n) is 5.67. The number of aromatic nitrogens is 1. The lowest BCUT2D eigenvalue weighted by molar-refractivity contribution is -0.123. The fourth-order valence-electron chi connectivity index (χ4n) is 3.99. The molecule has 34 heavy (non-hydrogen) atoms. The van der Waals surface area contributed by atoms with Gasteiger partial charge in [-0.3, -0.25) is 9.59 Å². The summed E-state index contributed by atoms with van der Waals surface area (Å²) in [5.41, 5.74) is 5.02. The summed E-state index contributed by atoms with van der Waals surface area (Å²) in [7, 11) is 0. The highest BCUT2D eigenvalue weighted by Gasteiger charge is 2.24. The van der Waals surface area contributed by atoms with E-state index in [1.165, 1.54) is 0 Å². The van der Waals surface area contributed by atoms with Crippen molar-refractivity contribution in [3.8, 4) is 11.5 Å². The highest BCUT2D eigenvalue weighted by molar-refractivity contribution is 6.00. The number of hydrogen-bond acceptors (Lipinski definition) is 5. The van der Waals surface area contributed by atoms with Crippen LogP contribution in [0.2, 0.25) is 0 Å². The van der Waals surface area contributed by atoms with Crippen molar-refractivity contribution >= 4 is 28.9 Å². The Bertz CT molecular complexity index is 1230. The van der Waals surface area contributed by atoms with Crippen LogP contribution in [-0.4, -0.2) is 35.4 Å². The van der Waals surface area contributed by atoms with Crippen LogP contribution in [0.3, 0.4) is 0 Å². The lowest BCUT2D eigenvalue weighted by Gasteiger charge is -2.19. The second-order valence-corrected chi connectivity index (χ2v) is 9.06. The van der Waals surface area contributed by atoms with Crippen molar-refractivity contribution in [1.82, 2.24) is 15.3 Å². The Kier molecular flexibility index (Phi) is 6.86. The number of benzene rings is 2. The monoisotopic (exact) mass is 462 g/mol. The molecule has 0 saturated heterocycles. The molecule has 178 valence electrons. The van der Waals surface area contributed by atoms with Crippen LogP contribution in [0.5, 0.6) is 11.5 Å². The first-order chi connectivity index (χ1) is 16.3. The summed E-state index contributed by atoms with van der Waals surface area (Å²) < 4.78 is 12.8. The minimum absolute atomic E-state index is 0.132. The van der Waals surface area contributed by atoms with Crippen molar-refractivity contribution in [2.45, 2.75) is 46.2 Å². The number of hydrogen-bond donors (Lipinski definition) is 2. The van der Waals surface area contributed by atoms with E-state index in [0.717, 1.165) is 16.5 Å². The number of carbonyl (C=O) groups is 2. The molecule has 2 heterocycles. The molecule has 4 rings (SSSR count). The zero-order valence-electron chi connectivity index (χ0n) is 19.9. The summed E-state index contributed by atoms with van der Waals surface area (Å²) in [5.74, 6) is 0.583. The van der Waals surface area contributed by atoms with Crippen molar-refractivity contribution in [3.63, 3.8) is 0 Å². The Morgan fingerprint density at radius 1 is 1.09 bits per heavy atom. The first-order valence-corrected chi connectivity index (χ1v) is 11.5. The third-order valence-corrected chi connectivity index (χ3v) is 5.67. The van der Waals surface area contributed by atoms with Gasteiger partial charge in [0.05, 0.1) is 6.21 Å². The molecule has 2 aromatic carbocycles. The van der Waals surface area contributed by atoms with Gasteiger partial charge in [-0.25, -0.2) is 5.43 Å². The number of nitrogens with zero attached hydrogens (tertiary/aromatic N) is 2. The molecule has 1 aliphatic rings. The molecule has 8 nitrogen and oxygen atoms in total. The topological polar surface area (TPSA) is 93.9 Å². The number of ether oxygens (including phenoxy) is 2. The predicted molar refractivity (Wildman–Crippen MR) is 131 cm³/mol. The average molecular weight is 463 g/mol. The first kappa shape index (κ1) is 23.4. The van der Waals surface area contributed by atoms with Gasteiger partial charge in [0.1, 0.15) is 6.04 Å². The van der Waals surface area contributed by atoms with Crippen LogP contribution in [0, 0.1) is 5.92 Å². The van der Waals surface area contributed by atoms with E-state index in [1.807, 2.05) is 38.2 Å². The molecule has 1 aromatic heterocycles. The standard InChI is InChI=1S/C26H30N4O4/c1-16(2)11-21(28-25(31)18-9-10-23-24(12-18)34-15-33-23)26(32)29-27-13-19-14-30(17(3)4)22-8-6-5-7-20(19)22/h5-10,12-14,16-17,21H,11,15H2,1-4H3,(H,28,31)(H,29,32)/b27-13-/t21-/m1/s1. The highest BCUT2D eigenvalue weighted by Crippen LogP contribution is 2.32. The van der Waals surface area contributed by atoms with E-state index in [9.17, 15) is 9.59 Å². The van der Waals surface area contributed by atoms with Crippen LogP contribution in [-0.2, 0) is 4.79 Å². The maximum absolute atomic E-state index is 12.9. The number of hydrazone groups is 1. The Morgan fingerprint density at radius 2 is 1.85 bits per heavy atom. The quantitative estimate of drug-likeness (QED) is 0.387. The van der Waals surface area contributed by atoms with Gasteiger partial charge in [-0.15, -0.1) is 0 Å². The van der Waals surface area contributed by atoms with E-state index >= 15 is 0 Å². The highest BCUT2D eigenvalue weighted by atomic mass is 16.7. The summed E-state index contributed by atoms with van der Waals surface area (Å²) in [6.07, 6.45) is 4.15. The molecular formula is C26H30N4O4. The Balaban J connectivity index is 1.46. The Hall–Kier alpha value is -3.81. The van der Waals surface area contributed by atoms with Gasteiger partial charge >= 0.3 is 0 Å². The molecule has 1 aliphatic heterocycles. The summed E-state index contributed by atoms with van der Waals surface area (Å²) in [6.45, 7) is 8.36. The van der Waals surface area contributed by atoms with E-state index in [2.05, 4.69) is 40.3 Å². The molecule has 8 heteroatoms. The lowest BCUT2D eigenvalue weighted by atomic mass is 10.0. The van der Waals surface area contributed by atoms with Crippen LogP contribution in [0.1, 0.15) is 56.1 Å². The third kappa shape index (κ3) is 5.06. The molecule has 0 bridgehead atoms. The smallest absolute Gasteiger partial charge is 0.262 e. The zero-order chi connectivity index (χ0) is 24.2. The van der Waals surface area contributed by atoms with Crippen LogP contribution >= 0.6 is 0 Å². The SMILES string of the molecule is CC(C)C[C@@H](NC(=O)c1ccc2c(c1)OCO2)C(=O)N/N=C\c1cn(C(C)C)c2ccccc12. The summed E-state index contributed by atoms with van der Waals surface area (Å²) in [4.78, 5) is 25.7. The summed E-state index contributed by atoms with van der Waals surface area (Å²) >= 11 is 0. The molecule has 3 aromatic rings. The predicted octanol–water partition coefficient (Wildman–Crippen LogP) is 4.25. The van der Waals surface area contributed by atoms with E-state index in [0.29, 0.717) is 29.5 Å². The Morgan fingerprint density at radius 3 is 2.62 bits per heavy atom. The van der Waals surface area contributed by atoms with Crippen LogP contribution < -0.4 is 20.2 Å². The molecule has 0 aliphatic carbocycles. The van der Waals surface area contributed by atoms with Gasteiger partial charge in [0.15, 0.2) is 11.5 Å². The largest absolute Gasteiger partial charge is 0.454 e. The van der Waals surface area contributed by atoms with Crippen molar-refractivity contribution in [3.05, 3.63) is 59.8 Å². The van der Waals surface area contributed by atoms with Crippen LogP contribution in [0.25, 0.3) is 10.9 Å². The second kappa shape index (κ2) is 9.99. The fraction of sp³-hybridized carbons (Fsp3) is 0.346. The molecule has 0 radical (unpaired) electrons. The maximum atomic E-state index is 12.9. The van der Waals surface area contributed by atoms with E-state index in [1.54, 1.807) is 24.4 Å². The van der Waals surface area contributed by atoms with E-state index in [4.69, 9.17) is 9.47 Å². The van der Waals surface area contributed by atoms with E-state index in [-0.39, 0.29) is 24.5 Å². The normalized spacial score (nSPS) is 13.7. The number of fused-ring (bicyclic) bond motifs is 2. The van der Waals surface area contributed by atoms with Crippen molar-refractivity contribution in [2.75, 3.05) is 6.79 Å². The van der Waals surface area contributed by atoms with Crippen LogP contribution in [0.15, 0.2) is 53.8 Å². The number of nitrogens with one attached hydrogen (secondary N) is 2. The van der Waals surface area contributed by atoms with E-state index < -0.39 is 6.04 Å². The van der Waals surface area contributed by atoms with Gasteiger partial charge < -0.3 is 19.4 Å². The number of rotatable bonds is 8. The van der Waals surface area contributed by atoms with Gasteiger partial charge in [-0.1, -0.05) is 32.0 Å². The van der Waals surface area contributed by atoms with Gasteiger partial charge in [0.25, 0.3) is 11.8 Å². The zero-order valence-corrected chi connectivity index (χ0v) is 19.9. The average Bonchev–Trinajstić information content (AvgIpc) is 3.42. The summed E-state index contributed by atoms with van der Waals surface area (Å²) in [6, 6.07) is 12.6. The van der Waals surface area contributed by atoms with Crippen molar-refractivity contribution in [1.29, 1.82) is 0 Å². The molecule has 0 spiro atoms. The second-order valence-electron chi connectivity index (χ2n) is 9.06. The minimum atomic E-state index is -0.730. The summed E-state index contributed by atoms with van der Waals surface area (Å²) in [5, 5.41) is 8.08. The molecule has 2 N–H and O–H groups in total. The molecular weight excluding hydrogens is 432 g/mol. The minimum Gasteiger partial charge on any atom is -0.454 e. The van der Waals surface area contributed by atoms with Crippen LogP contribution in [0.4, 0.5) is 0 Å². The van der Waals surface area contributed by atoms with Crippen molar-refractivity contribution < 1.29 is 19.1 Å². The van der Waals surface area contributed by atoms with Gasteiger partial charge in [0, 0.05) is 34.3 Å². The molecule has 1 atom stereocenters. The number of amides is 2. The lowest BCUT2D eigenvalue weighted by Crippen LogP contribution is -2.46. The van der Waals surface area contributed by atoms with Gasteiger partial charge in [0.2, 0.25) is 6.79 Å². The fourth-order valence-corrected chi connectivity index (χ4v) is 3.99. The first-order valence-electron chi connectivity index (χ1n) is 11.5. The molecule has 0 saturated carbocycles. The Labute approximate surface area is 198 Å². The molecule has 0 unspecified atom stereocenters. The molecule has 0 fully saturated rings. The van der Waals surface area contributed by atoms with Crippen molar-refractivity contribution in [2.24, 2.45) is 11.0 Å². The maximum Gasteiger partial charge on any atom is 0.262 e. The number of para-hydroxylation sites is 1. The van der Waals surface area contributed by atoms with Gasteiger partial charge in [-0.2, -0.15) is 5.10 Å². The molecule has 2 amide bonds.